The molecule has 0 aliphatic carbocycles. The first-order chi connectivity index (χ1) is 5.61. The molecule has 0 aromatic rings. The van der Waals surface area contributed by atoms with E-state index in [2.05, 4.69) is 0 Å². The van der Waals surface area contributed by atoms with Crippen molar-refractivity contribution in [3.05, 3.63) is 23.7 Å². The molecule has 0 amide bonds. The molecule has 0 aliphatic rings. The van der Waals surface area contributed by atoms with Crippen LogP contribution in [0.5, 0.6) is 0 Å². The molecule has 68 valence electrons. The number of methoxy groups -OCH3 is 1. The van der Waals surface area contributed by atoms with E-state index in [4.69, 9.17) is 9.47 Å². The van der Waals surface area contributed by atoms with Gasteiger partial charge in [0.15, 0.2) is 5.76 Å². The Balaban J connectivity index is 4.48. The molecule has 0 atom stereocenters. The SMILES string of the molecule is C/C=C\C(OC)=C(/C)OC(C)=O. The minimum absolute atomic E-state index is 0.341. The maximum absolute atomic E-state index is 10.5. The molecule has 0 heterocycles. The van der Waals surface area contributed by atoms with E-state index in [0.717, 1.165) is 0 Å². The van der Waals surface area contributed by atoms with Gasteiger partial charge in [-0.05, 0) is 19.9 Å². The molecule has 0 rings (SSSR count). The summed E-state index contributed by atoms with van der Waals surface area (Å²) in [6, 6.07) is 0. The maximum atomic E-state index is 10.5. The van der Waals surface area contributed by atoms with Gasteiger partial charge in [0.1, 0.15) is 5.76 Å². The molecule has 0 N–H and O–H groups in total. The molecule has 0 saturated heterocycles. The summed E-state index contributed by atoms with van der Waals surface area (Å²) in [5.41, 5.74) is 0. The summed E-state index contributed by atoms with van der Waals surface area (Å²) in [7, 11) is 1.53. The summed E-state index contributed by atoms with van der Waals surface area (Å²) >= 11 is 0. The van der Waals surface area contributed by atoms with Crippen molar-refractivity contribution >= 4 is 5.97 Å². The summed E-state index contributed by atoms with van der Waals surface area (Å²) in [5, 5.41) is 0. The van der Waals surface area contributed by atoms with Crippen LogP contribution >= 0.6 is 0 Å². The van der Waals surface area contributed by atoms with E-state index in [9.17, 15) is 4.79 Å². The topological polar surface area (TPSA) is 35.5 Å². The van der Waals surface area contributed by atoms with E-state index in [1.165, 1.54) is 14.0 Å². The van der Waals surface area contributed by atoms with Gasteiger partial charge in [0, 0.05) is 6.92 Å². The normalized spacial score (nSPS) is 12.7. The van der Waals surface area contributed by atoms with Crippen LogP contribution in [0.15, 0.2) is 23.7 Å². The van der Waals surface area contributed by atoms with Gasteiger partial charge >= 0.3 is 5.97 Å². The summed E-state index contributed by atoms with van der Waals surface area (Å²) in [5.74, 6) is 0.697. The van der Waals surface area contributed by atoms with Gasteiger partial charge in [-0.3, -0.25) is 4.79 Å². The number of carbonyl (C=O) groups is 1. The van der Waals surface area contributed by atoms with E-state index in [-0.39, 0.29) is 5.97 Å². The fourth-order valence-corrected chi connectivity index (χ4v) is 0.746. The second-order valence-electron chi connectivity index (χ2n) is 2.22. The quantitative estimate of drug-likeness (QED) is 0.369. The molecule has 0 saturated carbocycles. The molecule has 0 aliphatic heterocycles. The molecule has 0 bridgehead atoms. The lowest BCUT2D eigenvalue weighted by atomic mass is 10.4. The molecule has 0 fully saturated rings. The molecule has 3 heteroatoms. The van der Waals surface area contributed by atoms with Gasteiger partial charge in [-0.15, -0.1) is 0 Å². The van der Waals surface area contributed by atoms with E-state index in [1.807, 2.05) is 13.0 Å². The lowest BCUT2D eigenvalue weighted by Gasteiger charge is -2.05. The number of rotatable bonds is 3. The standard InChI is InChI=1S/C9H14O3/c1-5-6-9(11-4)7(2)12-8(3)10/h5-6H,1-4H3/b6-5-,9-7-. The van der Waals surface area contributed by atoms with Gasteiger partial charge < -0.3 is 9.47 Å². The molecule has 0 radical (unpaired) electrons. The summed E-state index contributed by atoms with van der Waals surface area (Å²) in [4.78, 5) is 10.5. The monoisotopic (exact) mass is 170 g/mol. The third kappa shape index (κ3) is 3.81. The van der Waals surface area contributed by atoms with Crippen molar-refractivity contribution < 1.29 is 14.3 Å². The second-order valence-corrected chi connectivity index (χ2v) is 2.22. The molecule has 12 heavy (non-hydrogen) atoms. The van der Waals surface area contributed by atoms with Gasteiger partial charge in [-0.1, -0.05) is 6.08 Å². The molecular formula is C9H14O3. The smallest absolute Gasteiger partial charge is 0.307 e. The van der Waals surface area contributed by atoms with E-state index in [0.29, 0.717) is 11.5 Å². The average Bonchev–Trinajstić information content (AvgIpc) is 1.98. The predicted molar refractivity (Wildman–Crippen MR) is 46.3 cm³/mol. The van der Waals surface area contributed by atoms with Crippen molar-refractivity contribution in [2.24, 2.45) is 0 Å². The molecular weight excluding hydrogens is 156 g/mol. The molecule has 0 unspecified atom stereocenters. The number of ether oxygens (including phenoxy) is 2. The van der Waals surface area contributed by atoms with Crippen LogP contribution in [0.25, 0.3) is 0 Å². The van der Waals surface area contributed by atoms with Crippen molar-refractivity contribution in [1.82, 2.24) is 0 Å². The van der Waals surface area contributed by atoms with Crippen LogP contribution in [-0.2, 0) is 14.3 Å². The molecule has 0 spiro atoms. The largest absolute Gasteiger partial charge is 0.493 e. The third-order valence-corrected chi connectivity index (χ3v) is 1.18. The first-order valence-corrected chi connectivity index (χ1v) is 3.67. The van der Waals surface area contributed by atoms with Crippen molar-refractivity contribution in [3.8, 4) is 0 Å². The average molecular weight is 170 g/mol. The maximum Gasteiger partial charge on any atom is 0.307 e. The lowest BCUT2D eigenvalue weighted by molar-refractivity contribution is -0.137. The lowest BCUT2D eigenvalue weighted by Crippen LogP contribution is -1.99. The first kappa shape index (κ1) is 10.8. The van der Waals surface area contributed by atoms with Crippen molar-refractivity contribution in [2.45, 2.75) is 20.8 Å². The number of hydrogen-bond acceptors (Lipinski definition) is 3. The zero-order valence-electron chi connectivity index (χ0n) is 7.88. The Morgan fingerprint density at radius 2 is 1.92 bits per heavy atom. The van der Waals surface area contributed by atoms with Crippen LogP contribution in [0.3, 0.4) is 0 Å². The van der Waals surface area contributed by atoms with Crippen LogP contribution in [0, 0.1) is 0 Å². The van der Waals surface area contributed by atoms with Crippen LogP contribution in [0.2, 0.25) is 0 Å². The Kier molecular flexibility index (Phi) is 4.84. The fourth-order valence-electron chi connectivity index (χ4n) is 0.746. The van der Waals surface area contributed by atoms with Crippen molar-refractivity contribution in [1.29, 1.82) is 0 Å². The minimum Gasteiger partial charge on any atom is -0.493 e. The number of esters is 1. The van der Waals surface area contributed by atoms with Crippen LogP contribution in [0.4, 0.5) is 0 Å². The zero-order valence-corrected chi connectivity index (χ0v) is 7.88. The van der Waals surface area contributed by atoms with Gasteiger partial charge in [0.25, 0.3) is 0 Å². The Bertz CT molecular complexity index is 214. The van der Waals surface area contributed by atoms with E-state index < -0.39 is 0 Å². The molecule has 3 nitrogen and oxygen atoms in total. The zero-order chi connectivity index (χ0) is 9.56. The number of carbonyl (C=O) groups excluding carboxylic acids is 1. The van der Waals surface area contributed by atoms with Crippen LogP contribution in [-0.4, -0.2) is 13.1 Å². The number of allylic oxidation sites excluding steroid dienone is 3. The number of hydrogen-bond donors (Lipinski definition) is 0. The second kappa shape index (κ2) is 5.41. The van der Waals surface area contributed by atoms with Crippen LogP contribution < -0.4 is 0 Å². The summed E-state index contributed by atoms with van der Waals surface area (Å²) < 4.78 is 9.79. The molecule has 0 aromatic carbocycles. The highest BCUT2D eigenvalue weighted by atomic mass is 16.6. The van der Waals surface area contributed by atoms with E-state index >= 15 is 0 Å². The van der Waals surface area contributed by atoms with Gasteiger partial charge in [-0.2, -0.15) is 0 Å². The highest BCUT2D eigenvalue weighted by Gasteiger charge is 2.01. The van der Waals surface area contributed by atoms with Crippen molar-refractivity contribution in [2.75, 3.05) is 7.11 Å². The fraction of sp³-hybridized carbons (Fsp3) is 0.444. The summed E-state index contributed by atoms with van der Waals surface area (Å²) in [6.07, 6.45) is 3.55. The van der Waals surface area contributed by atoms with Gasteiger partial charge in [0.2, 0.25) is 0 Å². The summed E-state index contributed by atoms with van der Waals surface area (Å²) in [6.45, 7) is 4.90. The molecule has 0 aromatic heterocycles. The van der Waals surface area contributed by atoms with Crippen LogP contribution in [0.1, 0.15) is 20.8 Å². The Labute approximate surface area is 72.7 Å². The Morgan fingerprint density at radius 1 is 1.33 bits per heavy atom. The minimum atomic E-state index is -0.341. The first-order valence-electron chi connectivity index (χ1n) is 3.67. The van der Waals surface area contributed by atoms with Gasteiger partial charge in [0.05, 0.1) is 7.11 Å². The van der Waals surface area contributed by atoms with E-state index in [1.54, 1.807) is 13.0 Å². The Morgan fingerprint density at radius 3 is 2.25 bits per heavy atom. The predicted octanol–water partition coefficient (Wildman–Crippen LogP) is 2.00. The highest BCUT2D eigenvalue weighted by molar-refractivity contribution is 5.67. The highest BCUT2D eigenvalue weighted by Crippen LogP contribution is 2.07. The van der Waals surface area contributed by atoms with Gasteiger partial charge in [-0.25, -0.2) is 0 Å². The Hall–Kier alpha value is -1.25. The third-order valence-electron chi connectivity index (χ3n) is 1.18. The van der Waals surface area contributed by atoms with Crippen molar-refractivity contribution in [3.63, 3.8) is 0 Å².